The molecule has 20 heavy (non-hydrogen) atoms. The molecule has 0 spiro atoms. The van der Waals surface area contributed by atoms with Crippen molar-refractivity contribution in [2.24, 2.45) is 0 Å². The van der Waals surface area contributed by atoms with Gasteiger partial charge in [0.05, 0.1) is 0 Å². The number of carbonyl (C=O) groups is 1. The number of aromatic carboxylic acids is 1. The Morgan fingerprint density at radius 2 is 2.00 bits per heavy atom. The molecule has 0 saturated carbocycles. The Morgan fingerprint density at radius 3 is 2.55 bits per heavy atom. The highest BCUT2D eigenvalue weighted by Gasteiger charge is 2.38. The van der Waals surface area contributed by atoms with Crippen molar-refractivity contribution in [2.45, 2.75) is 13.1 Å². The monoisotopic (exact) mass is 283 g/mol. The molecule has 104 valence electrons. The normalized spacial score (nSPS) is 11.4. The number of halogens is 3. The molecule has 0 bridgehead atoms. The fraction of sp³-hybridized carbons (Fsp3) is 0.167. The van der Waals surface area contributed by atoms with Gasteiger partial charge in [-0.05, 0) is 18.6 Å². The number of rotatable bonds is 2. The third kappa shape index (κ3) is 2.58. The molecule has 0 amide bonds. The summed E-state index contributed by atoms with van der Waals surface area (Å²) < 4.78 is 38.5. The lowest BCUT2D eigenvalue weighted by Crippen LogP contribution is -2.16. The summed E-state index contributed by atoms with van der Waals surface area (Å²) in [5, 5.41) is 8.76. The van der Waals surface area contributed by atoms with Gasteiger partial charge in [-0.1, -0.05) is 0 Å². The molecule has 5 nitrogen and oxygen atoms in total. The van der Waals surface area contributed by atoms with Crippen LogP contribution in [0.4, 0.5) is 13.2 Å². The van der Waals surface area contributed by atoms with Crippen molar-refractivity contribution in [3.8, 4) is 11.4 Å². The zero-order chi connectivity index (χ0) is 14.9. The maximum absolute atomic E-state index is 12.8. The van der Waals surface area contributed by atoms with Crippen molar-refractivity contribution in [3.05, 3.63) is 41.5 Å². The number of pyridine rings is 1. The Labute approximate surface area is 111 Å². The van der Waals surface area contributed by atoms with Crippen molar-refractivity contribution in [2.75, 3.05) is 0 Å². The predicted octanol–water partition coefficient (Wildman–Crippen LogP) is 2.56. The first-order chi connectivity index (χ1) is 9.30. The van der Waals surface area contributed by atoms with Gasteiger partial charge in [0.15, 0.2) is 11.5 Å². The van der Waals surface area contributed by atoms with Gasteiger partial charge in [0.2, 0.25) is 0 Å². The van der Waals surface area contributed by atoms with Gasteiger partial charge < -0.3 is 5.11 Å². The van der Waals surface area contributed by atoms with E-state index in [1.165, 1.54) is 18.5 Å². The lowest BCUT2D eigenvalue weighted by Gasteiger charge is -2.11. The average molecular weight is 283 g/mol. The Bertz CT molecular complexity index is 671. The Kier molecular flexibility index (Phi) is 3.39. The van der Waals surface area contributed by atoms with Crippen molar-refractivity contribution in [3.63, 3.8) is 0 Å². The summed E-state index contributed by atoms with van der Waals surface area (Å²) in [6.45, 7) is 1.64. The molecule has 0 aliphatic rings. The summed E-state index contributed by atoms with van der Waals surface area (Å²) >= 11 is 0. The molecule has 2 aromatic rings. The summed E-state index contributed by atoms with van der Waals surface area (Å²) in [5.41, 5.74) is -1.50. The molecular formula is C12H8F3N3O2. The van der Waals surface area contributed by atoms with Crippen LogP contribution in [0, 0.1) is 6.92 Å². The fourth-order valence-electron chi connectivity index (χ4n) is 1.61. The van der Waals surface area contributed by atoms with Crippen LogP contribution in [0.15, 0.2) is 24.7 Å². The third-order valence-electron chi connectivity index (χ3n) is 2.55. The van der Waals surface area contributed by atoms with E-state index in [9.17, 15) is 18.0 Å². The van der Waals surface area contributed by atoms with Crippen LogP contribution in [0.2, 0.25) is 0 Å². The predicted molar refractivity (Wildman–Crippen MR) is 62.0 cm³/mol. The van der Waals surface area contributed by atoms with Crippen LogP contribution < -0.4 is 0 Å². The zero-order valence-electron chi connectivity index (χ0n) is 10.1. The molecule has 2 aromatic heterocycles. The van der Waals surface area contributed by atoms with E-state index in [0.29, 0.717) is 17.3 Å². The Morgan fingerprint density at radius 1 is 1.30 bits per heavy atom. The van der Waals surface area contributed by atoms with E-state index in [1.807, 2.05) is 0 Å². The molecule has 0 radical (unpaired) electrons. The van der Waals surface area contributed by atoms with Crippen molar-refractivity contribution in [1.82, 2.24) is 15.0 Å². The van der Waals surface area contributed by atoms with Gasteiger partial charge in [-0.3, -0.25) is 4.98 Å². The maximum atomic E-state index is 12.8. The van der Waals surface area contributed by atoms with Crippen LogP contribution in [0.5, 0.6) is 0 Å². The summed E-state index contributed by atoms with van der Waals surface area (Å²) in [6.07, 6.45) is -1.36. The van der Waals surface area contributed by atoms with Crippen LogP contribution in [-0.2, 0) is 6.18 Å². The first kappa shape index (κ1) is 13.9. The second-order valence-electron chi connectivity index (χ2n) is 3.95. The molecular weight excluding hydrogens is 275 g/mol. The fourth-order valence-corrected chi connectivity index (χ4v) is 1.61. The Balaban J connectivity index is 2.65. The van der Waals surface area contributed by atoms with Gasteiger partial charge in [-0.25, -0.2) is 14.8 Å². The van der Waals surface area contributed by atoms with E-state index in [0.717, 1.165) is 0 Å². The van der Waals surface area contributed by atoms with Crippen molar-refractivity contribution < 1.29 is 23.1 Å². The van der Waals surface area contributed by atoms with Crippen molar-refractivity contribution >= 4 is 5.97 Å². The highest BCUT2D eigenvalue weighted by atomic mass is 19.4. The van der Waals surface area contributed by atoms with Gasteiger partial charge in [-0.15, -0.1) is 0 Å². The second-order valence-corrected chi connectivity index (χ2v) is 3.95. The lowest BCUT2D eigenvalue weighted by molar-refractivity contribution is -0.141. The van der Waals surface area contributed by atoms with Crippen LogP contribution in [-0.4, -0.2) is 26.0 Å². The number of hydrogen-bond donors (Lipinski definition) is 1. The SMILES string of the molecule is Cc1cnccc1-c1ncc(C(=O)O)c(C(F)(F)F)n1. The van der Waals surface area contributed by atoms with E-state index in [1.54, 1.807) is 6.92 Å². The number of carboxylic acid groups (broad SMARTS) is 1. The van der Waals surface area contributed by atoms with Crippen LogP contribution in [0.3, 0.4) is 0 Å². The summed E-state index contributed by atoms with van der Waals surface area (Å²) in [7, 11) is 0. The molecule has 2 rings (SSSR count). The van der Waals surface area contributed by atoms with E-state index in [-0.39, 0.29) is 5.82 Å². The highest BCUT2D eigenvalue weighted by Crippen LogP contribution is 2.31. The number of nitrogens with zero attached hydrogens (tertiary/aromatic N) is 3. The molecule has 0 aromatic carbocycles. The molecule has 0 atom stereocenters. The minimum absolute atomic E-state index is 0.192. The van der Waals surface area contributed by atoms with Crippen LogP contribution in [0.1, 0.15) is 21.6 Å². The van der Waals surface area contributed by atoms with Gasteiger partial charge in [0, 0.05) is 24.2 Å². The quantitative estimate of drug-likeness (QED) is 0.916. The Hall–Kier alpha value is -2.51. The number of hydrogen-bond acceptors (Lipinski definition) is 4. The molecule has 0 aliphatic carbocycles. The van der Waals surface area contributed by atoms with Gasteiger partial charge in [-0.2, -0.15) is 13.2 Å². The van der Waals surface area contributed by atoms with E-state index < -0.39 is 23.4 Å². The lowest BCUT2D eigenvalue weighted by atomic mass is 10.1. The summed E-state index contributed by atoms with van der Waals surface area (Å²) in [6, 6.07) is 1.46. The van der Waals surface area contributed by atoms with E-state index in [4.69, 9.17) is 5.11 Å². The van der Waals surface area contributed by atoms with Gasteiger partial charge >= 0.3 is 12.1 Å². The highest BCUT2D eigenvalue weighted by molar-refractivity contribution is 5.89. The minimum atomic E-state index is -4.87. The standard InChI is InChI=1S/C12H8F3N3O2/c1-6-4-16-3-2-7(6)10-17-5-8(11(19)20)9(18-10)12(13,14)15/h2-5H,1H3,(H,19,20). The molecule has 2 heterocycles. The first-order valence-electron chi connectivity index (χ1n) is 5.39. The van der Waals surface area contributed by atoms with Crippen LogP contribution >= 0.6 is 0 Å². The number of carboxylic acids is 1. The molecule has 1 N–H and O–H groups in total. The third-order valence-corrected chi connectivity index (χ3v) is 2.55. The largest absolute Gasteiger partial charge is 0.478 e. The number of aromatic nitrogens is 3. The second kappa shape index (κ2) is 4.87. The smallest absolute Gasteiger partial charge is 0.434 e. The van der Waals surface area contributed by atoms with E-state index in [2.05, 4.69) is 15.0 Å². The summed E-state index contributed by atoms with van der Waals surface area (Å²) in [4.78, 5) is 21.6. The molecule has 0 fully saturated rings. The molecule has 0 unspecified atom stereocenters. The zero-order valence-corrected chi connectivity index (χ0v) is 10.1. The van der Waals surface area contributed by atoms with E-state index >= 15 is 0 Å². The topological polar surface area (TPSA) is 76.0 Å². The van der Waals surface area contributed by atoms with Crippen molar-refractivity contribution in [1.29, 1.82) is 0 Å². The first-order valence-corrected chi connectivity index (χ1v) is 5.39. The molecule has 0 saturated heterocycles. The minimum Gasteiger partial charge on any atom is -0.478 e. The number of aryl methyl sites for hydroxylation is 1. The van der Waals surface area contributed by atoms with Crippen LogP contribution in [0.25, 0.3) is 11.4 Å². The average Bonchev–Trinajstić information content (AvgIpc) is 2.37. The maximum Gasteiger partial charge on any atom is 0.434 e. The van der Waals surface area contributed by atoms with Gasteiger partial charge in [0.1, 0.15) is 5.56 Å². The van der Waals surface area contributed by atoms with Gasteiger partial charge in [0.25, 0.3) is 0 Å². The number of alkyl halides is 3. The summed E-state index contributed by atoms with van der Waals surface area (Å²) in [5.74, 6) is -1.92. The molecule has 8 heteroatoms. The molecule has 0 aliphatic heterocycles.